The molecule has 1 heterocycles. The van der Waals surface area contributed by atoms with E-state index in [4.69, 9.17) is 9.47 Å². The molecule has 0 spiro atoms. The second kappa shape index (κ2) is 11.4. The average molecular weight is 494 g/mol. The highest BCUT2D eigenvalue weighted by Gasteiger charge is 2.44. The number of allylic oxidation sites excluding steroid dienone is 1. The monoisotopic (exact) mass is 493 g/mol. The van der Waals surface area contributed by atoms with Crippen molar-refractivity contribution in [2.75, 3.05) is 25.3 Å². The zero-order valence-corrected chi connectivity index (χ0v) is 20.1. The van der Waals surface area contributed by atoms with Gasteiger partial charge in [0.15, 0.2) is 0 Å². The maximum absolute atomic E-state index is 12.9. The molecule has 2 amide bonds. The van der Waals surface area contributed by atoms with Crippen molar-refractivity contribution in [1.29, 1.82) is 5.26 Å². The number of amides is 2. The highest BCUT2D eigenvalue weighted by atomic mass is 32.2. The summed E-state index contributed by atoms with van der Waals surface area (Å²) in [5.74, 6) is -4.69. The van der Waals surface area contributed by atoms with Gasteiger partial charge in [-0.3, -0.25) is 14.4 Å². The Hall–Kier alpha value is -4.10. The molecule has 0 aromatic heterocycles. The van der Waals surface area contributed by atoms with Crippen LogP contribution < -0.4 is 10.6 Å². The van der Waals surface area contributed by atoms with Crippen LogP contribution in [0.3, 0.4) is 0 Å². The molecular formula is C25H23N3O6S. The molecule has 10 heteroatoms. The van der Waals surface area contributed by atoms with Gasteiger partial charge in [0.05, 0.1) is 42.2 Å². The molecule has 9 nitrogen and oxygen atoms in total. The van der Waals surface area contributed by atoms with E-state index in [-0.39, 0.29) is 27.8 Å². The molecule has 35 heavy (non-hydrogen) atoms. The van der Waals surface area contributed by atoms with Crippen molar-refractivity contribution >= 4 is 41.2 Å². The van der Waals surface area contributed by atoms with Crippen molar-refractivity contribution in [3.05, 3.63) is 75.8 Å². The van der Waals surface area contributed by atoms with Crippen LogP contribution in [0.15, 0.2) is 59.1 Å². The summed E-state index contributed by atoms with van der Waals surface area (Å²) in [5.41, 5.74) is 2.52. The topological polar surface area (TPSA) is 135 Å². The van der Waals surface area contributed by atoms with Gasteiger partial charge in [-0.05, 0) is 36.8 Å². The SMILES string of the molecule is COC(=O)c1ccc([C@H]2C(C#N)=C(SCC(=O)Nc3ccc(C)cc3)NC(=O)[C@@H]2C(=O)OC)cc1. The van der Waals surface area contributed by atoms with E-state index in [1.54, 1.807) is 24.3 Å². The minimum atomic E-state index is -1.32. The highest BCUT2D eigenvalue weighted by Crippen LogP contribution is 2.40. The van der Waals surface area contributed by atoms with Gasteiger partial charge < -0.3 is 20.1 Å². The molecule has 3 rings (SSSR count). The third kappa shape index (κ3) is 5.88. The second-order valence-electron chi connectivity index (χ2n) is 7.64. The maximum atomic E-state index is 12.9. The Morgan fingerprint density at radius 2 is 1.71 bits per heavy atom. The van der Waals surface area contributed by atoms with E-state index in [1.165, 1.54) is 19.2 Å². The maximum Gasteiger partial charge on any atom is 0.337 e. The van der Waals surface area contributed by atoms with Crippen LogP contribution in [0.5, 0.6) is 0 Å². The van der Waals surface area contributed by atoms with E-state index in [2.05, 4.69) is 16.7 Å². The minimum absolute atomic E-state index is 0.0778. The molecule has 1 aliphatic rings. The van der Waals surface area contributed by atoms with Crippen LogP contribution >= 0.6 is 11.8 Å². The Balaban J connectivity index is 1.90. The van der Waals surface area contributed by atoms with Gasteiger partial charge in [0.25, 0.3) is 0 Å². The summed E-state index contributed by atoms with van der Waals surface area (Å²) in [5, 5.41) is 15.5. The molecule has 0 bridgehead atoms. The number of nitriles is 1. The molecule has 1 aliphatic heterocycles. The molecule has 2 N–H and O–H groups in total. The summed E-state index contributed by atoms with van der Waals surface area (Å²) in [6.45, 7) is 1.93. The first-order chi connectivity index (χ1) is 16.8. The van der Waals surface area contributed by atoms with Crippen LogP contribution in [0.1, 0.15) is 27.4 Å². The molecule has 0 saturated heterocycles. The number of aryl methyl sites for hydroxylation is 1. The molecule has 0 saturated carbocycles. The number of nitrogens with one attached hydrogen (secondary N) is 2. The highest BCUT2D eigenvalue weighted by molar-refractivity contribution is 8.03. The van der Waals surface area contributed by atoms with Crippen molar-refractivity contribution in [3.63, 3.8) is 0 Å². The van der Waals surface area contributed by atoms with Gasteiger partial charge >= 0.3 is 11.9 Å². The minimum Gasteiger partial charge on any atom is -0.468 e. The third-order valence-corrected chi connectivity index (χ3v) is 6.37. The summed E-state index contributed by atoms with van der Waals surface area (Å²) < 4.78 is 9.51. The number of carbonyl (C=O) groups is 4. The van der Waals surface area contributed by atoms with E-state index >= 15 is 0 Å². The number of rotatable bonds is 7. The standard InChI is InChI=1S/C25H23N3O6S/c1-14-4-10-17(11-5-14)27-19(29)13-35-23-18(12-26)20(21(22(30)28-23)25(32)34-3)15-6-8-16(9-7-15)24(31)33-2/h4-11,20-21H,13H2,1-3H3,(H,27,29)(H,28,30)/t20-,21+/m0/s1. The van der Waals surface area contributed by atoms with Gasteiger partial charge in [-0.1, -0.05) is 41.6 Å². The second-order valence-corrected chi connectivity index (χ2v) is 8.62. The Morgan fingerprint density at radius 3 is 2.29 bits per heavy atom. The quantitative estimate of drug-likeness (QED) is 0.444. The van der Waals surface area contributed by atoms with E-state index in [9.17, 15) is 24.4 Å². The molecule has 0 unspecified atom stereocenters. The van der Waals surface area contributed by atoms with Crippen LogP contribution in [-0.2, 0) is 23.9 Å². The van der Waals surface area contributed by atoms with Gasteiger partial charge in [-0.2, -0.15) is 5.26 Å². The lowest BCUT2D eigenvalue weighted by molar-refractivity contribution is -0.150. The van der Waals surface area contributed by atoms with Gasteiger partial charge in [0.2, 0.25) is 11.8 Å². The van der Waals surface area contributed by atoms with Crippen LogP contribution in [0.25, 0.3) is 0 Å². The van der Waals surface area contributed by atoms with Crippen molar-refractivity contribution in [2.24, 2.45) is 5.92 Å². The van der Waals surface area contributed by atoms with Gasteiger partial charge in [-0.25, -0.2) is 4.79 Å². The first kappa shape index (κ1) is 25.5. The number of carbonyl (C=O) groups excluding carboxylic acids is 4. The molecule has 0 radical (unpaired) electrons. The Bertz CT molecular complexity index is 1220. The summed E-state index contributed by atoms with van der Waals surface area (Å²) >= 11 is 0.983. The van der Waals surface area contributed by atoms with Crippen molar-refractivity contribution in [1.82, 2.24) is 5.32 Å². The van der Waals surface area contributed by atoms with E-state index < -0.39 is 29.7 Å². The van der Waals surface area contributed by atoms with Gasteiger partial charge in [0, 0.05) is 11.6 Å². The van der Waals surface area contributed by atoms with Gasteiger partial charge in [0.1, 0.15) is 5.92 Å². The first-order valence-corrected chi connectivity index (χ1v) is 11.5. The largest absolute Gasteiger partial charge is 0.468 e. The first-order valence-electron chi connectivity index (χ1n) is 10.5. The van der Waals surface area contributed by atoms with Crippen molar-refractivity contribution < 1.29 is 28.7 Å². The molecule has 0 fully saturated rings. The summed E-state index contributed by atoms with van der Waals surface area (Å²) in [6.07, 6.45) is 0. The predicted molar refractivity (Wildman–Crippen MR) is 129 cm³/mol. The molecule has 2 atom stereocenters. The van der Waals surface area contributed by atoms with Crippen molar-refractivity contribution in [2.45, 2.75) is 12.8 Å². The number of esters is 2. The summed E-state index contributed by atoms with van der Waals surface area (Å²) in [4.78, 5) is 49.6. The van der Waals surface area contributed by atoms with Crippen LogP contribution in [-0.4, -0.2) is 43.7 Å². The van der Waals surface area contributed by atoms with Crippen LogP contribution in [0, 0.1) is 24.2 Å². The number of anilines is 1. The summed E-state index contributed by atoms with van der Waals surface area (Å²) in [6, 6.07) is 15.4. The zero-order valence-electron chi connectivity index (χ0n) is 19.3. The number of benzene rings is 2. The number of methoxy groups -OCH3 is 2. The third-order valence-electron chi connectivity index (χ3n) is 5.36. The van der Waals surface area contributed by atoms with E-state index in [1.807, 2.05) is 19.1 Å². The van der Waals surface area contributed by atoms with Crippen molar-refractivity contribution in [3.8, 4) is 6.07 Å². The van der Waals surface area contributed by atoms with Crippen LogP contribution in [0.2, 0.25) is 0 Å². The lowest BCUT2D eigenvalue weighted by atomic mass is 9.78. The van der Waals surface area contributed by atoms with Gasteiger partial charge in [-0.15, -0.1) is 0 Å². The molecular weight excluding hydrogens is 470 g/mol. The predicted octanol–water partition coefficient (Wildman–Crippen LogP) is 2.89. The average Bonchev–Trinajstić information content (AvgIpc) is 2.87. The van der Waals surface area contributed by atoms with E-state index in [0.29, 0.717) is 11.3 Å². The smallest absolute Gasteiger partial charge is 0.337 e. The number of hydrogen-bond acceptors (Lipinski definition) is 8. The Labute approximate surface area is 206 Å². The number of nitrogens with zero attached hydrogens (tertiary/aromatic N) is 1. The number of hydrogen-bond donors (Lipinski definition) is 2. The Morgan fingerprint density at radius 1 is 1.06 bits per heavy atom. The Kier molecular flexibility index (Phi) is 8.28. The fourth-order valence-electron chi connectivity index (χ4n) is 3.60. The normalized spacial score (nSPS) is 17.1. The zero-order chi connectivity index (χ0) is 25.5. The van der Waals surface area contributed by atoms with E-state index in [0.717, 1.165) is 24.4 Å². The lowest BCUT2D eigenvalue weighted by Crippen LogP contribution is -2.44. The molecule has 180 valence electrons. The fourth-order valence-corrected chi connectivity index (χ4v) is 4.44. The van der Waals surface area contributed by atoms with Crippen LogP contribution in [0.4, 0.5) is 5.69 Å². The lowest BCUT2D eigenvalue weighted by Gasteiger charge is -2.31. The number of ether oxygens (including phenoxy) is 2. The fraction of sp³-hybridized carbons (Fsp3) is 0.240. The molecule has 2 aromatic carbocycles. The summed E-state index contributed by atoms with van der Waals surface area (Å²) in [7, 11) is 2.41. The molecule has 0 aliphatic carbocycles. The molecule has 2 aromatic rings. The number of thioether (sulfide) groups is 1.